The molecule has 0 bridgehead atoms. The van der Waals surface area contributed by atoms with Gasteiger partial charge in [-0.2, -0.15) is 0 Å². The molecule has 0 spiro atoms. The minimum absolute atomic E-state index is 0.0395. The topological polar surface area (TPSA) is 63.0 Å². The highest BCUT2D eigenvalue weighted by Crippen LogP contribution is 2.34. The summed E-state index contributed by atoms with van der Waals surface area (Å²) < 4.78 is 24.9. The summed E-state index contributed by atoms with van der Waals surface area (Å²) in [5.41, 5.74) is 1.05. The molecule has 0 radical (unpaired) electrons. The van der Waals surface area contributed by atoms with Gasteiger partial charge in [0.2, 0.25) is 11.8 Å². The predicted molar refractivity (Wildman–Crippen MR) is 128 cm³/mol. The Labute approximate surface area is 202 Å². The number of halogens is 1. The summed E-state index contributed by atoms with van der Waals surface area (Å²) in [5, 5.41) is 2.02. The molecule has 6 nitrogen and oxygen atoms in total. The maximum Gasteiger partial charge on any atom is 0.242 e. The summed E-state index contributed by atoms with van der Waals surface area (Å²) in [4.78, 5) is 31.0. The SMILES string of the molecule is CC(C)CC(=O)N(CC(=O)N1CCc2sccc2[C@@H]1COc1cccc(F)c1)Cc1ccco1. The van der Waals surface area contributed by atoms with Crippen LogP contribution >= 0.6 is 11.3 Å². The van der Waals surface area contributed by atoms with Gasteiger partial charge in [0.1, 0.15) is 30.5 Å². The maximum absolute atomic E-state index is 13.6. The van der Waals surface area contributed by atoms with E-state index in [9.17, 15) is 14.0 Å². The second kappa shape index (κ2) is 10.9. The first-order valence-corrected chi connectivity index (χ1v) is 12.3. The van der Waals surface area contributed by atoms with Gasteiger partial charge in [0.15, 0.2) is 0 Å². The average Bonchev–Trinajstić information content (AvgIpc) is 3.48. The third kappa shape index (κ3) is 5.86. The van der Waals surface area contributed by atoms with Crippen LogP contribution in [0.1, 0.15) is 42.5 Å². The van der Waals surface area contributed by atoms with Crippen LogP contribution in [0.2, 0.25) is 0 Å². The molecular weight excluding hydrogens is 455 g/mol. The van der Waals surface area contributed by atoms with Crippen molar-refractivity contribution in [3.63, 3.8) is 0 Å². The summed E-state index contributed by atoms with van der Waals surface area (Å²) in [6.07, 6.45) is 2.67. The van der Waals surface area contributed by atoms with E-state index in [0.29, 0.717) is 24.5 Å². The van der Waals surface area contributed by atoms with Crippen molar-refractivity contribution in [3.8, 4) is 5.75 Å². The van der Waals surface area contributed by atoms with Crippen molar-refractivity contribution in [3.05, 3.63) is 76.1 Å². The molecule has 3 aromatic rings. The predicted octanol–water partition coefficient (Wildman–Crippen LogP) is 5.06. The molecular formula is C26H29FN2O4S. The Balaban J connectivity index is 1.51. The second-order valence-corrected chi connectivity index (χ2v) is 9.85. The summed E-state index contributed by atoms with van der Waals surface area (Å²) in [6, 6.07) is 11.3. The minimum atomic E-state index is -0.373. The number of rotatable bonds is 9. The Bertz CT molecular complexity index is 1110. The van der Waals surface area contributed by atoms with Crippen LogP contribution in [0.5, 0.6) is 5.75 Å². The van der Waals surface area contributed by atoms with E-state index >= 15 is 0 Å². The molecule has 0 saturated heterocycles. The quantitative estimate of drug-likeness (QED) is 0.426. The van der Waals surface area contributed by atoms with Gasteiger partial charge in [0.25, 0.3) is 0 Å². The molecule has 1 atom stereocenters. The van der Waals surface area contributed by atoms with Crippen molar-refractivity contribution in [2.75, 3.05) is 19.7 Å². The molecule has 1 aromatic carbocycles. The average molecular weight is 485 g/mol. The number of furan rings is 1. The van der Waals surface area contributed by atoms with Gasteiger partial charge in [-0.15, -0.1) is 11.3 Å². The molecule has 0 unspecified atom stereocenters. The lowest BCUT2D eigenvalue weighted by Crippen LogP contribution is -2.47. The standard InChI is InChI=1S/C26H29FN2O4S/c1-18(2)13-25(30)28(15-21-7-4-11-32-21)16-26(31)29-10-8-24-22(9-12-34-24)23(29)17-33-20-6-3-5-19(27)14-20/h3-7,9,11-12,14,18,23H,8,10,13,15-17H2,1-2H3/t23-/m0/s1. The Kier molecular flexibility index (Phi) is 7.67. The first-order valence-electron chi connectivity index (χ1n) is 11.4. The molecule has 4 rings (SSSR count). The number of ether oxygens (including phenoxy) is 1. The highest BCUT2D eigenvalue weighted by molar-refractivity contribution is 7.10. The van der Waals surface area contributed by atoms with Crippen LogP contribution in [-0.4, -0.2) is 41.3 Å². The molecule has 0 N–H and O–H groups in total. The highest BCUT2D eigenvalue weighted by Gasteiger charge is 2.33. The highest BCUT2D eigenvalue weighted by atomic mass is 32.1. The lowest BCUT2D eigenvalue weighted by atomic mass is 10.00. The minimum Gasteiger partial charge on any atom is -0.491 e. The Hall–Kier alpha value is -3.13. The summed E-state index contributed by atoms with van der Waals surface area (Å²) in [6.45, 7) is 4.91. The fraction of sp³-hybridized carbons (Fsp3) is 0.385. The third-order valence-electron chi connectivity index (χ3n) is 5.81. The molecule has 3 heterocycles. The van der Waals surface area contributed by atoms with Gasteiger partial charge in [-0.1, -0.05) is 19.9 Å². The van der Waals surface area contributed by atoms with E-state index < -0.39 is 0 Å². The van der Waals surface area contributed by atoms with Crippen molar-refractivity contribution in [2.45, 2.75) is 39.3 Å². The van der Waals surface area contributed by atoms with Crippen LogP contribution in [0.15, 0.2) is 58.5 Å². The van der Waals surface area contributed by atoms with Gasteiger partial charge < -0.3 is 19.0 Å². The van der Waals surface area contributed by atoms with Crippen LogP contribution in [0.4, 0.5) is 4.39 Å². The number of benzene rings is 1. The van der Waals surface area contributed by atoms with Crippen molar-refractivity contribution >= 4 is 23.2 Å². The smallest absolute Gasteiger partial charge is 0.242 e. The molecule has 0 saturated carbocycles. The van der Waals surface area contributed by atoms with Gasteiger partial charge in [-0.05, 0) is 53.6 Å². The number of thiophene rings is 1. The van der Waals surface area contributed by atoms with E-state index in [1.165, 1.54) is 17.0 Å². The Morgan fingerprint density at radius 2 is 2.12 bits per heavy atom. The van der Waals surface area contributed by atoms with Crippen LogP contribution < -0.4 is 4.74 Å². The van der Waals surface area contributed by atoms with Gasteiger partial charge in [0.05, 0.1) is 18.8 Å². The largest absolute Gasteiger partial charge is 0.491 e. The first-order chi connectivity index (χ1) is 16.4. The fourth-order valence-electron chi connectivity index (χ4n) is 4.16. The van der Waals surface area contributed by atoms with Gasteiger partial charge in [0, 0.05) is 23.9 Å². The number of hydrogen-bond acceptors (Lipinski definition) is 5. The molecule has 34 heavy (non-hydrogen) atoms. The molecule has 8 heteroatoms. The fourth-order valence-corrected chi connectivity index (χ4v) is 5.09. The van der Waals surface area contributed by atoms with Gasteiger partial charge >= 0.3 is 0 Å². The van der Waals surface area contributed by atoms with Crippen LogP contribution in [-0.2, 0) is 22.6 Å². The van der Waals surface area contributed by atoms with Crippen molar-refractivity contribution in [1.29, 1.82) is 0 Å². The zero-order valence-corrected chi connectivity index (χ0v) is 20.2. The van der Waals surface area contributed by atoms with E-state index in [0.717, 1.165) is 12.0 Å². The van der Waals surface area contributed by atoms with E-state index in [1.807, 2.05) is 25.3 Å². The number of carbonyl (C=O) groups excluding carboxylic acids is 2. The van der Waals surface area contributed by atoms with E-state index in [-0.39, 0.29) is 49.3 Å². The number of carbonyl (C=O) groups is 2. The number of nitrogens with zero attached hydrogens (tertiary/aromatic N) is 2. The van der Waals surface area contributed by atoms with Gasteiger partial charge in [-0.25, -0.2) is 4.39 Å². The summed E-state index contributed by atoms with van der Waals surface area (Å²) >= 11 is 1.66. The molecule has 0 fully saturated rings. The lowest BCUT2D eigenvalue weighted by molar-refractivity contribution is -0.143. The zero-order chi connectivity index (χ0) is 24.1. The van der Waals surface area contributed by atoms with Crippen molar-refractivity contribution in [2.24, 2.45) is 5.92 Å². The Morgan fingerprint density at radius 3 is 2.85 bits per heavy atom. The van der Waals surface area contributed by atoms with E-state index in [4.69, 9.17) is 9.15 Å². The number of hydrogen-bond donors (Lipinski definition) is 0. The zero-order valence-electron chi connectivity index (χ0n) is 19.4. The maximum atomic E-state index is 13.6. The van der Waals surface area contributed by atoms with E-state index in [2.05, 4.69) is 0 Å². The monoisotopic (exact) mass is 484 g/mol. The molecule has 1 aliphatic rings. The van der Waals surface area contributed by atoms with Crippen molar-refractivity contribution < 1.29 is 23.1 Å². The van der Waals surface area contributed by atoms with Gasteiger partial charge in [-0.3, -0.25) is 9.59 Å². The molecule has 0 aliphatic carbocycles. The number of fused-ring (bicyclic) bond motifs is 1. The summed E-state index contributed by atoms with van der Waals surface area (Å²) in [7, 11) is 0. The lowest BCUT2D eigenvalue weighted by Gasteiger charge is -2.37. The molecule has 1 aliphatic heterocycles. The third-order valence-corrected chi connectivity index (χ3v) is 6.80. The van der Waals surface area contributed by atoms with Crippen LogP contribution in [0, 0.1) is 11.7 Å². The first kappa shape index (κ1) is 24.0. The van der Waals surface area contributed by atoms with Crippen molar-refractivity contribution in [1.82, 2.24) is 9.80 Å². The second-order valence-electron chi connectivity index (χ2n) is 8.85. The normalized spacial score (nSPS) is 15.3. The molecule has 2 amide bonds. The molecule has 2 aromatic heterocycles. The van der Waals surface area contributed by atoms with E-state index in [1.54, 1.807) is 51.7 Å². The molecule has 180 valence electrons. The van der Waals surface area contributed by atoms with Crippen LogP contribution in [0.25, 0.3) is 0 Å². The Morgan fingerprint density at radius 1 is 1.26 bits per heavy atom. The number of amides is 2. The summed E-state index contributed by atoms with van der Waals surface area (Å²) in [5.74, 6) is 0.630. The van der Waals surface area contributed by atoms with Crippen LogP contribution in [0.3, 0.4) is 0 Å².